The number of nitrogens with one attached hydrogen (secondary N) is 1. The Hall–Kier alpha value is -1.64. The highest BCUT2D eigenvalue weighted by molar-refractivity contribution is 9.11. The summed E-state index contributed by atoms with van der Waals surface area (Å²) < 4.78 is 7.02. The predicted molar refractivity (Wildman–Crippen MR) is 120 cm³/mol. The van der Waals surface area contributed by atoms with Gasteiger partial charge in [0.25, 0.3) is 5.91 Å². The van der Waals surface area contributed by atoms with E-state index in [9.17, 15) is 9.59 Å². The molecule has 2 amide bonds. The van der Waals surface area contributed by atoms with Crippen molar-refractivity contribution in [2.24, 2.45) is 11.7 Å². The molecule has 0 saturated heterocycles. The molecular formula is C20H20Br2N2O3S. The molecule has 0 bridgehead atoms. The Morgan fingerprint density at radius 3 is 2.79 bits per heavy atom. The van der Waals surface area contributed by atoms with Gasteiger partial charge in [-0.1, -0.05) is 22.9 Å². The summed E-state index contributed by atoms with van der Waals surface area (Å²) in [4.78, 5) is 25.6. The molecule has 2 aromatic rings. The maximum absolute atomic E-state index is 12.5. The van der Waals surface area contributed by atoms with Gasteiger partial charge in [-0.3, -0.25) is 9.59 Å². The second kappa shape index (κ2) is 8.80. The first-order valence-electron chi connectivity index (χ1n) is 8.76. The van der Waals surface area contributed by atoms with Crippen LogP contribution in [-0.4, -0.2) is 18.9 Å². The second-order valence-electron chi connectivity index (χ2n) is 6.75. The lowest BCUT2D eigenvalue weighted by atomic mass is 9.88. The van der Waals surface area contributed by atoms with Crippen LogP contribution < -0.4 is 15.8 Å². The Labute approximate surface area is 184 Å². The van der Waals surface area contributed by atoms with E-state index in [0.29, 0.717) is 22.2 Å². The smallest absolute Gasteiger partial charge is 0.251 e. The third-order valence-corrected chi connectivity index (χ3v) is 6.87. The molecule has 0 aliphatic heterocycles. The number of benzene rings is 1. The van der Waals surface area contributed by atoms with Crippen molar-refractivity contribution in [2.45, 2.75) is 26.2 Å². The SMILES string of the molecule is COc1c(Br)cc(Br)cc1/C=C/C(=O)Nc1sc2c(c1C(N)=O)CCC(C)C2. The summed E-state index contributed by atoms with van der Waals surface area (Å²) in [5, 5.41) is 3.36. The lowest BCUT2D eigenvalue weighted by Crippen LogP contribution is -2.18. The van der Waals surface area contributed by atoms with Gasteiger partial charge >= 0.3 is 0 Å². The Morgan fingerprint density at radius 2 is 2.11 bits per heavy atom. The summed E-state index contributed by atoms with van der Waals surface area (Å²) in [6.45, 7) is 2.19. The van der Waals surface area contributed by atoms with Crippen molar-refractivity contribution < 1.29 is 14.3 Å². The first-order chi connectivity index (χ1) is 13.3. The predicted octanol–water partition coefficient (Wildman–Crippen LogP) is 5.16. The van der Waals surface area contributed by atoms with E-state index >= 15 is 0 Å². The maximum Gasteiger partial charge on any atom is 0.251 e. The number of methoxy groups -OCH3 is 1. The van der Waals surface area contributed by atoms with Gasteiger partial charge in [0.05, 0.1) is 17.1 Å². The monoisotopic (exact) mass is 526 g/mol. The number of halogens is 2. The van der Waals surface area contributed by atoms with Crippen molar-refractivity contribution in [3.63, 3.8) is 0 Å². The fraction of sp³-hybridized carbons (Fsp3) is 0.300. The van der Waals surface area contributed by atoms with Crippen LogP contribution in [0.5, 0.6) is 5.75 Å². The van der Waals surface area contributed by atoms with E-state index in [1.54, 1.807) is 13.2 Å². The van der Waals surface area contributed by atoms with Gasteiger partial charge in [-0.2, -0.15) is 0 Å². The van der Waals surface area contributed by atoms with E-state index in [-0.39, 0.29) is 5.91 Å². The molecule has 8 heteroatoms. The molecule has 0 radical (unpaired) electrons. The highest BCUT2D eigenvalue weighted by atomic mass is 79.9. The average Bonchev–Trinajstić information content (AvgIpc) is 2.96. The molecule has 0 spiro atoms. The number of anilines is 1. The number of hydrogen-bond donors (Lipinski definition) is 2. The van der Waals surface area contributed by atoms with Crippen LogP contribution in [0.2, 0.25) is 0 Å². The van der Waals surface area contributed by atoms with E-state index in [2.05, 4.69) is 44.1 Å². The molecule has 3 N–H and O–H groups in total. The molecule has 0 fully saturated rings. The van der Waals surface area contributed by atoms with Crippen molar-refractivity contribution in [2.75, 3.05) is 12.4 Å². The van der Waals surface area contributed by atoms with Crippen LogP contribution in [-0.2, 0) is 17.6 Å². The Bertz CT molecular complexity index is 969. The van der Waals surface area contributed by atoms with Gasteiger partial charge in [0, 0.05) is 21.0 Å². The van der Waals surface area contributed by atoms with Crippen molar-refractivity contribution in [3.05, 3.63) is 48.7 Å². The van der Waals surface area contributed by atoms with Crippen molar-refractivity contribution in [1.82, 2.24) is 0 Å². The van der Waals surface area contributed by atoms with Gasteiger partial charge in [-0.15, -0.1) is 11.3 Å². The molecule has 28 heavy (non-hydrogen) atoms. The highest BCUT2D eigenvalue weighted by Gasteiger charge is 2.26. The molecule has 0 saturated carbocycles. The van der Waals surface area contributed by atoms with Gasteiger partial charge in [-0.25, -0.2) is 0 Å². The Morgan fingerprint density at radius 1 is 1.36 bits per heavy atom. The minimum Gasteiger partial charge on any atom is -0.495 e. The zero-order valence-electron chi connectivity index (χ0n) is 15.5. The average molecular weight is 528 g/mol. The molecule has 1 aromatic heterocycles. The molecular weight excluding hydrogens is 508 g/mol. The van der Waals surface area contributed by atoms with Crippen LogP contribution in [0.1, 0.15) is 39.7 Å². The van der Waals surface area contributed by atoms with E-state index < -0.39 is 5.91 Å². The third kappa shape index (κ3) is 4.50. The van der Waals surface area contributed by atoms with E-state index in [1.165, 1.54) is 17.4 Å². The maximum atomic E-state index is 12.5. The molecule has 5 nitrogen and oxygen atoms in total. The number of ether oxygens (including phenoxy) is 1. The number of hydrogen-bond acceptors (Lipinski definition) is 4. The van der Waals surface area contributed by atoms with E-state index in [0.717, 1.165) is 44.2 Å². The van der Waals surface area contributed by atoms with Gasteiger partial charge in [0.1, 0.15) is 10.8 Å². The summed E-state index contributed by atoms with van der Waals surface area (Å²) in [6.07, 6.45) is 5.84. The normalized spacial score (nSPS) is 16.1. The third-order valence-electron chi connectivity index (χ3n) is 4.65. The first-order valence-corrected chi connectivity index (χ1v) is 11.2. The van der Waals surface area contributed by atoms with Crippen LogP contribution >= 0.6 is 43.2 Å². The zero-order chi connectivity index (χ0) is 20.4. The molecule has 148 valence electrons. The number of nitrogens with two attached hydrogens (primary N) is 1. The number of primary amides is 1. The molecule has 3 rings (SSSR count). The number of carbonyl (C=O) groups excluding carboxylic acids is 2. The van der Waals surface area contributed by atoms with Crippen molar-refractivity contribution in [3.8, 4) is 5.75 Å². The first kappa shape index (κ1) is 21.1. The Kier molecular flexibility index (Phi) is 6.62. The fourth-order valence-electron chi connectivity index (χ4n) is 3.34. The van der Waals surface area contributed by atoms with Crippen LogP contribution in [0.25, 0.3) is 6.08 Å². The van der Waals surface area contributed by atoms with Crippen molar-refractivity contribution in [1.29, 1.82) is 0 Å². The quantitative estimate of drug-likeness (QED) is 0.527. The Balaban J connectivity index is 1.85. The number of thiophene rings is 1. The minimum atomic E-state index is -0.496. The largest absolute Gasteiger partial charge is 0.495 e. The van der Waals surface area contributed by atoms with Gasteiger partial charge < -0.3 is 15.8 Å². The van der Waals surface area contributed by atoms with Crippen LogP contribution in [0.3, 0.4) is 0 Å². The van der Waals surface area contributed by atoms with Gasteiger partial charge in [0.15, 0.2) is 0 Å². The summed E-state index contributed by atoms with van der Waals surface area (Å²) in [5.74, 6) is 0.375. The van der Waals surface area contributed by atoms with Crippen molar-refractivity contribution >= 4 is 66.1 Å². The molecule has 1 aliphatic carbocycles. The summed E-state index contributed by atoms with van der Waals surface area (Å²) in [5.41, 5.74) is 7.79. The lowest BCUT2D eigenvalue weighted by Gasteiger charge is -2.18. The number of carbonyl (C=O) groups is 2. The van der Waals surface area contributed by atoms with E-state index in [1.807, 2.05) is 12.1 Å². The standard InChI is InChI=1S/C20H20Br2N2O3S/c1-10-3-5-13-15(7-10)28-20(17(13)19(23)26)24-16(25)6-4-11-8-12(21)9-14(22)18(11)27-2/h4,6,8-10H,3,5,7H2,1-2H3,(H2,23,26)(H,24,25)/b6-4+. The van der Waals surface area contributed by atoms with Gasteiger partial charge in [0.2, 0.25) is 5.91 Å². The summed E-state index contributed by atoms with van der Waals surface area (Å²) in [7, 11) is 1.57. The number of rotatable bonds is 5. The number of fused-ring (bicyclic) bond motifs is 1. The van der Waals surface area contributed by atoms with Crippen LogP contribution in [0, 0.1) is 5.92 Å². The summed E-state index contributed by atoms with van der Waals surface area (Å²) >= 11 is 8.32. The molecule has 1 unspecified atom stereocenters. The minimum absolute atomic E-state index is 0.327. The van der Waals surface area contributed by atoms with Crippen LogP contribution in [0.4, 0.5) is 5.00 Å². The molecule has 1 atom stereocenters. The molecule has 1 aromatic carbocycles. The van der Waals surface area contributed by atoms with Gasteiger partial charge in [-0.05, 0) is 64.9 Å². The lowest BCUT2D eigenvalue weighted by molar-refractivity contribution is -0.111. The fourth-order valence-corrected chi connectivity index (χ4v) is 6.18. The number of amides is 2. The zero-order valence-corrected chi connectivity index (χ0v) is 19.5. The summed E-state index contributed by atoms with van der Waals surface area (Å²) in [6, 6.07) is 3.72. The van der Waals surface area contributed by atoms with Crippen LogP contribution in [0.15, 0.2) is 27.2 Å². The molecule has 1 aliphatic rings. The highest BCUT2D eigenvalue weighted by Crippen LogP contribution is 2.39. The van der Waals surface area contributed by atoms with E-state index in [4.69, 9.17) is 10.5 Å². The second-order valence-corrected chi connectivity index (χ2v) is 9.63. The molecule has 1 heterocycles. The topological polar surface area (TPSA) is 81.4 Å².